The molecule has 0 bridgehead atoms. The van der Waals surface area contributed by atoms with Gasteiger partial charge in [0.1, 0.15) is 60.1 Å². The summed E-state index contributed by atoms with van der Waals surface area (Å²) < 4.78 is 36.7. The molecule has 81 heavy (non-hydrogen) atoms. The molecular formula is C63H74FN11O6. The molecule has 0 unspecified atom stereocenters. The van der Waals surface area contributed by atoms with E-state index in [1.807, 2.05) is 67.6 Å². The summed E-state index contributed by atoms with van der Waals surface area (Å²) in [6.07, 6.45) is 5.61. The number of para-hydroxylation sites is 1. The third-order valence-electron chi connectivity index (χ3n) is 13.9. The van der Waals surface area contributed by atoms with E-state index in [1.165, 1.54) is 11.0 Å². The minimum Gasteiger partial charge on any atom is -0.491 e. The van der Waals surface area contributed by atoms with Crippen molar-refractivity contribution in [2.45, 2.75) is 91.9 Å². The first-order valence-electron chi connectivity index (χ1n) is 27.2. The van der Waals surface area contributed by atoms with E-state index in [-0.39, 0.29) is 71.7 Å². The van der Waals surface area contributed by atoms with Gasteiger partial charge < -0.3 is 28.9 Å². The molecule has 0 fully saturated rings. The average molecular weight is 1100 g/mol. The maximum atomic E-state index is 16.2. The summed E-state index contributed by atoms with van der Waals surface area (Å²) >= 11 is 0. The van der Waals surface area contributed by atoms with Gasteiger partial charge in [-0.2, -0.15) is 15.3 Å². The lowest BCUT2D eigenvalue weighted by Crippen LogP contribution is -2.31. The Hall–Kier alpha value is -8.67. The normalized spacial score (nSPS) is 11.8. The second-order valence-corrected chi connectivity index (χ2v) is 23.3. The lowest BCUT2D eigenvalue weighted by atomic mass is 9.84. The fourth-order valence-corrected chi connectivity index (χ4v) is 9.20. The standard InChI is InChI=1S/C63H74FN11O6/c1-14-55-65-26-18-17-20-49(68-70-55)58(76)72(11)27-30-80-53-25-23-40(33-47(53)63(8,9)10)42-35-56-67-51(39-75(56)66-38-42)59(77)73(12)28-32-81-54-34-41(22-24-46(54)62(5,6)7)43-37-50-44(36-48(43)64)57(71-69-50)60(78)74(13)29-31-79-52-21-16-15-19-45(52)61(2,3)4/h15-26,33-39,68H,14,27-32H2,1-13H3,(H,69,71). The van der Waals surface area contributed by atoms with Crippen LogP contribution in [-0.4, -0.2) is 133 Å². The molecule has 0 saturated heterocycles. The van der Waals surface area contributed by atoms with Crippen LogP contribution in [0.4, 0.5) is 4.39 Å². The van der Waals surface area contributed by atoms with Gasteiger partial charge in [-0.1, -0.05) is 112 Å². The smallest absolute Gasteiger partial charge is 0.274 e. The lowest BCUT2D eigenvalue weighted by molar-refractivity contribution is 0.0761. The number of aromatic amines is 2. The number of rotatable bonds is 18. The molecule has 17 nitrogen and oxygen atoms in total. The molecule has 2 N–H and O–H groups in total. The minimum absolute atomic E-state index is 0.111. The largest absolute Gasteiger partial charge is 0.491 e. The molecule has 0 aliphatic rings. The molecule has 0 saturated carbocycles. The average Bonchev–Trinajstić information content (AvgIpc) is 4.31. The number of nitrogens with one attached hydrogen (secondary N) is 2. The number of fused-ring (bicyclic) bond motifs is 2. The van der Waals surface area contributed by atoms with Crippen LogP contribution in [0.3, 0.4) is 0 Å². The molecule has 0 aliphatic carbocycles. The topological polar surface area (TPSA) is 189 Å². The third-order valence-corrected chi connectivity index (χ3v) is 13.9. The van der Waals surface area contributed by atoms with Crippen LogP contribution in [0.1, 0.15) is 123 Å². The summed E-state index contributed by atoms with van der Waals surface area (Å²) in [6.45, 7) is 22.4. The van der Waals surface area contributed by atoms with E-state index in [9.17, 15) is 14.4 Å². The van der Waals surface area contributed by atoms with Crippen molar-refractivity contribution in [3.8, 4) is 39.5 Å². The van der Waals surface area contributed by atoms with Gasteiger partial charge in [-0.05, 0) is 93.1 Å². The molecule has 8 aromatic rings. The Balaban J connectivity index is 0.903. The fourth-order valence-electron chi connectivity index (χ4n) is 9.20. The SMILES string of the molecule is CCc1nccccc(C(=O)N(C)CCOc2ccc(-c3cnn4cc(C(=O)N(C)CCOc5cc(-c6cc7[nH]nc(C(=O)N(C)CCOc8ccccc8C(C)(C)C)c7cc6F)ccc5C(C)(C)C)nc4c3)cc2C(C)(C)C)[nH]n1. The van der Waals surface area contributed by atoms with Crippen molar-refractivity contribution in [3.05, 3.63) is 161 Å². The molecule has 0 atom stereocenters. The molecule has 0 radical (unpaired) electrons. The van der Waals surface area contributed by atoms with Crippen molar-refractivity contribution in [2.24, 2.45) is 0 Å². The van der Waals surface area contributed by atoms with E-state index < -0.39 is 5.82 Å². The highest BCUT2D eigenvalue weighted by Gasteiger charge is 2.26. The van der Waals surface area contributed by atoms with E-state index in [0.717, 1.165) is 33.6 Å². The molecule has 4 heterocycles. The first-order chi connectivity index (χ1) is 38.4. The number of hydrogen-bond acceptors (Lipinski definition) is 11. The van der Waals surface area contributed by atoms with Gasteiger partial charge in [-0.25, -0.2) is 18.9 Å². The van der Waals surface area contributed by atoms with Crippen molar-refractivity contribution in [1.29, 1.82) is 0 Å². The number of nitrogens with zero attached hydrogens (tertiary/aromatic N) is 9. The number of aromatic nitrogens is 8. The van der Waals surface area contributed by atoms with Crippen LogP contribution in [0.25, 0.3) is 38.8 Å². The number of ether oxygens (including phenoxy) is 3. The van der Waals surface area contributed by atoms with E-state index in [1.54, 1.807) is 78.3 Å². The van der Waals surface area contributed by atoms with Gasteiger partial charge in [-0.3, -0.25) is 24.6 Å². The molecular weight excluding hydrogens is 1030 g/mol. The van der Waals surface area contributed by atoms with Crippen LogP contribution in [0.5, 0.6) is 17.2 Å². The number of imidazole rings is 1. The highest BCUT2D eigenvalue weighted by atomic mass is 19.1. The molecule has 18 heteroatoms. The molecule has 0 aliphatic heterocycles. The van der Waals surface area contributed by atoms with E-state index in [4.69, 9.17) is 19.2 Å². The van der Waals surface area contributed by atoms with E-state index in [0.29, 0.717) is 70.2 Å². The summed E-state index contributed by atoms with van der Waals surface area (Å²) in [4.78, 5) is 54.5. The van der Waals surface area contributed by atoms with Crippen molar-refractivity contribution in [3.63, 3.8) is 0 Å². The Kier molecular flexibility index (Phi) is 17.6. The number of benzene rings is 4. The quantitative estimate of drug-likeness (QED) is 0.0832. The van der Waals surface area contributed by atoms with Crippen LogP contribution < -0.4 is 14.2 Å². The Morgan fingerprint density at radius 3 is 1.89 bits per heavy atom. The maximum Gasteiger partial charge on any atom is 0.274 e. The molecule has 3 amide bonds. The van der Waals surface area contributed by atoms with Gasteiger partial charge >= 0.3 is 0 Å². The van der Waals surface area contributed by atoms with E-state index >= 15 is 4.39 Å². The number of amides is 3. The number of halogens is 1. The first kappa shape index (κ1) is 58.5. The summed E-state index contributed by atoms with van der Waals surface area (Å²) in [7, 11) is 5.08. The summed E-state index contributed by atoms with van der Waals surface area (Å²) in [5, 5.41) is 19.4. The zero-order valence-electron chi connectivity index (χ0n) is 48.8. The van der Waals surface area contributed by atoms with Gasteiger partial charge in [0.15, 0.2) is 11.3 Å². The Labute approximate surface area is 473 Å². The predicted octanol–water partition coefficient (Wildman–Crippen LogP) is 11.2. The number of hydrogen-bond donors (Lipinski definition) is 2. The van der Waals surface area contributed by atoms with Crippen LogP contribution in [0, 0.1) is 5.82 Å². The number of carbonyl (C=O) groups is 3. The van der Waals surface area contributed by atoms with Crippen molar-refractivity contribution in [1.82, 2.24) is 54.7 Å². The molecule has 4 aromatic heterocycles. The van der Waals surface area contributed by atoms with Crippen LogP contribution in [0.2, 0.25) is 0 Å². The van der Waals surface area contributed by atoms with Crippen LogP contribution >= 0.6 is 0 Å². The predicted molar refractivity (Wildman–Crippen MR) is 313 cm³/mol. The Morgan fingerprint density at radius 2 is 1.21 bits per heavy atom. The van der Waals surface area contributed by atoms with Crippen molar-refractivity contribution in [2.75, 3.05) is 60.6 Å². The van der Waals surface area contributed by atoms with Gasteiger partial charge in [0.25, 0.3) is 17.7 Å². The number of aryl methyl sites for hydroxylation is 1. The van der Waals surface area contributed by atoms with Crippen molar-refractivity contribution >= 4 is 34.3 Å². The van der Waals surface area contributed by atoms with Gasteiger partial charge in [0.2, 0.25) is 0 Å². The van der Waals surface area contributed by atoms with E-state index in [2.05, 4.69) is 98.9 Å². The second kappa shape index (κ2) is 24.4. The number of carbonyl (C=O) groups excluding carboxylic acids is 3. The summed E-state index contributed by atoms with van der Waals surface area (Å²) in [5.41, 5.74) is 6.45. The number of H-pyrrole nitrogens is 2. The minimum atomic E-state index is -0.524. The molecule has 4 aromatic carbocycles. The van der Waals surface area contributed by atoms with Crippen molar-refractivity contribution < 1.29 is 33.0 Å². The molecule has 0 spiro atoms. The zero-order chi connectivity index (χ0) is 58.4. The van der Waals surface area contributed by atoms with Gasteiger partial charge in [0, 0.05) is 55.8 Å². The Bertz CT molecular complexity index is 3640. The first-order valence-corrected chi connectivity index (χ1v) is 27.2. The number of likely N-dealkylation sites (N-methyl/N-ethyl adjacent to an activating group) is 3. The second-order valence-electron chi connectivity index (χ2n) is 23.3. The third kappa shape index (κ3) is 13.9. The van der Waals surface area contributed by atoms with Gasteiger partial charge in [0.05, 0.1) is 37.5 Å². The van der Waals surface area contributed by atoms with Crippen LogP contribution in [-0.2, 0) is 22.7 Å². The fraction of sp³-hybridized carbons (Fsp3) is 0.365. The zero-order valence-corrected chi connectivity index (χ0v) is 48.8. The Morgan fingerprint density at radius 1 is 0.605 bits per heavy atom. The van der Waals surface area contributed by atoms with Crippen LogP contribution in [0.15, 0.2) is 116 Å². The highest BCUT2D eigenvalue weighted by Crippen LogP contribution is 2.38. The maximum absolute atomic E-state index is 16.2. The van der Waals surface area contributed by atoms with Gasteiger partial charge in [-0.15, -0.1) is 0 Å². The highest BCUT2D eigenvalue weighted by molar-refractivity contribution is 6.05. The molecule has 8 rings (SSSR count). The molecule has 424 valence electrons. The lowest BCUT2D eigenvalue weighted by Gasteiger charge is -2.24. The summed E-state index contributed by atoms with van der Waals surface area (Å²) in [5.74, 6) is 1.18. The summed E-state index contributed by atoms with van der Waals surface area (Å²) in [6, 6.07) is 29.5. The monoisotopic (exact) mass is 1100 g/mol.